The van der Waals surface area contributed by atoms with Crippen LogP contribution in [0.3, 0.4) is 0 Å². The van der Waals surface area contributed by atoms with E-state index in [0.29, 0.717) is 12.6 Å². The van der Waals surface area contributed by atoms with Crippen molar-refractivity contribution in [2.75, 3.05) is 6.54 Å². The molecule has 2 N–H and O–H groups in total. The highest BCUT2D eigenvalue weighted by Crippen LogP contribution is 2.36. The minimum absolute atomic E-state index is 0.441. The quantitative estimate of drug-likeness (QED) is 0.801. The Bertz CT molecular complexity index is 389. The van der Waals surface area contributed by atoms with Crippen molar-refractivity contribution in [3.63, 3.8) is 0 Å². The highest BCUT2D eigenvalue weighted by molar-refractivity contribution is 14.1. The summed E-state index contributed by atoms with van der Waals surface area (Å²) in [6.07, 6.45) is 4.47. The zero-order valence-electron chi connectivity index (χ0n) is 10.4. The van der Waals surface area contributed by atoms with Crippen molar-refractivity contribution < 1.29 is 5.11 Å². The summed E-state index contributed by atoms with van der Waals surface area (Å²) in [5, 5.41) is 13.6. The summed E-state index contributed by atoms with van der Waals surface area (Å²) in [4.78, 5) is 1.54. The van der Waals surface area contributed by atoms with Crippen LogP contribution in [0.2, 0.25) is 0 Å². The third kappa shape index (κ3) is 3.43. The molecule has 1 aromatic heterocycles. The molecule has 1 aromatic rings. The van der Waals surface area contributed by atoms with E-state index in [1.165, 1.54) is 32.6 Å². The number of thiophene rings is 1. The lowest BCUT2D eigenvalue weighted by Crippen LogP contribution is -2.39. The normalized spacial score (nSPS) is 23.2. The van der Waals surface area contributed by atoms with Crippen LogP contribution in [0.4, 0.5) is 0 Å². The van der Waals surface area contributed by atoms with Crippen LogP contribution in [-0.4, -0.2) is 17.3 Å². The van der Waals surface area contributed by atoms with Gasteiger partial charge in [0.25, 0.3) is 0 Å². The number of hydrogen-bond donors (Lipinski definition) is 2. The van der Waals surface area contributed by atoms with Gasteiger partial charge in [0, 0.05) is 17.5 Å². The van der Waals surface area contributed by atoms with Gasteiger partial charge in [-0.3, -0.25) is 0 Å². The molecule has 0 aliphatic heterocycles. The Kier molecular flexibility index (Phi) is 4.50. The first-order valence-corrected chi connectivity index (χ1v) is 8.15. The maximum atomic E-state index is 10.0. The maximum absolute atomic E-state index is 10.0. The molecule has 17 heavy (non-hydrogen) atoms. The largest absolute Gasteiger partial charge is 0.389 e. The summed E-state index contributed by atoms with van der Waals surface area (Å²) < 4.78 is 1.38. The van der Waals surface area contributed by atoms with Gasteiger partial charge in [0.15, 0.2) is 0 Å². The van der Waals surface area contributed by atoms with Crippen LogP contribution in [0.15, 0.2) is 6.07 Å². The first-order valence-electron chi connectivity index (χ1n) is 6.26. The third-order valence-electron chi connectivity index (χ3n) is 3.57. The number of fused-ring (bicyclic) bond motifs is 1. The first kappa shape index (κ1) is 13.8. The molecule has 1 heterocycles. The fraction of sp³-hybridized carbons (Fsp3) is 0.692. The number of aliphatic hydroxyl groups is 1. The van der Waals surface area contributed by atoms with Crippen LogP contribution in [0.5, 0.6) is 0 Å². The van der Waals surface area contributed by atoms with Gasteiger partial charge in [-0.25, -0.2) is 0 Å². The van der Waals surface area contributed by atoms with Crippen LogP contribution in [0.25, 0.3) is 0 Å². The van der Waals surface area contributed by atoms with E-state index in [1.807, 2.05) is 25.2 Å². The van der Waals surface area contributed by atoms with Gasteiger partial charge >= 0.3 is 0 Å². The van der Waals surface area contributed by atoms with E-state index in [4.69, 9.17) is 0 Å². The van der Waals surface area contributed by atoms with E-state index in [9.17, 15) is 5.11 Å². The van der Waals surface area contributed by atoms with Gasteiger partial charge in [-0.1, -0.05) is 6.92 Å². The van der Waals surface area contributed by atoms with Crippen molar-refractivity contribution in [1.29, 1.82) is 0 Å². The zero-order chi connectivity index (χ0) is 12.5. The van der Waals surface area contributed by atoms with E-state index in [1.54, 1.807) is 0 Å². The predicted molar refractivity (Wildman–Crippen MR) is 81.6 cm³/mol. The summed E-state index contributed by atoms with van der Waals surface area (Å²) in [6.45, 7) is 4.61. The molecule has 2 rings (SSSR count). The summed E-state index contributed by atoms with van der Waals surface area (Å²) in [6, 6.07) is 2.74. The summed E-state index contributed by atoms with van der Waals surface area (Å²) in [5.41, 5.74) is 0.887. The number of rotatable bonds is 4. The van der Waals surface area contributed by atoms with Crippen molar-refractivity contribution in [1.82, 2.24) is 5.32 Å². The van der Waals surface area contributed by atoms with Crippen molar-refractivity contribution in [2.24, 2.45) is 0 Å². The van der Waals surface area contributed by atoms with Crippen LogP contribution in [0, 0.1) is 2.88 Å². The minimum atomic E-state index is -0.583. The molecule has 2 nitrogen and oxygen atoms in total. The Labute approximate surface area is 121 Å². The van der Waals surface area contributed by atoms with Gasteiger partial charge in [0.2, 0.25) is 0 Å². The molecule has 0 radical (unpaired) electrons. The Morgan fingerprint density at radius 1 is 1.65 bits per heavy atom. The van der Waals surface area contributed by atoms with Gasteiger partial charge in [-0.05, 0) is 66.8 Å². The molecule has 0 bridgehead atoms. The second kappa shape index (κ2) is 5.55. The lowest BCUT2D eigenvalue weighted by molar-refractivity contribution is 0.0521. The molecular weight excluding hydrogens is 345 g/mol. The Hall–Kier alpha value is 0.350. The average Bonchev–Trinajstić information content (AvgIpc) is 2.67. The fourth-order valence-electron chi connectivity index (χ4n) is 2.20. The van der Waals surface area contributed by atoms with Crippen molar-refractivity contribution >= 4 is 33.9 Å². The minimum Gasteiger partial charge on any atom is -0.389 e. The van der Waals surface area contributed by atoms with E-state index >= 15 is 0 Å². The zero-order valence-corrected chi connectivity index (χ0v) is 13.4. The summed E-state index contributed by atoms with van der Waals surface area (Å²) in [7, 11) is 0. The monoisotopic (exact) mass is 365 g/mol. The van der Waals surface area contributed by atoms with Gasteiger partial charge in [0.05, 0.1) is 8.48 Å². The number of aryl methyl sites for hydroxylation is 1. The van der Waals surface area contributed by atoms with E-state index in [0.717, 1.165) is 6.42 Å². The van der Waals surface area contributed by atoms with Crippen molar-refractivity contribution in [3.8, 4) is 0 Å². The van der Waals surface area contributed by atoms with E-state index < -0.39 is 5.60 Å². The highest BCUT2D eigenvalue weighted by atomic mass is 127. The SMILES string of the molecule is CCC(C)(O)CNC1CCCc2sc(I)cc21. The molecule has 0 saturated carbocycles. The predicted octanol–water partition coefficient (Wildman–Crippen LogP) is 3.48. The Balaban J connectivity index is 2.03. The van der Waals surface area contributed by atoms with E-state index in [2.05, 4.69) is 34.0 Å². The third-order valence-corrected chi connectivity index (χ3v) is 5.55. The maximum Gasteiger partial charge on any atom is 0.0741 e. The molecule has 0 aromatic carbocycles. The second-order valence-electron chi connectivity index (χ2n) is 5.11. The molecule has 0 fully saturated rings. The van der Waals surface area contributed by atoms with Crippen molar-refractivity contribution in [2.45, 2.75) is 51.2 Å². The van der Waals surface area contributed by atoms with Gasteiger partial charge in [0.1, 0.15) is 0 Å². The topological polar surface area (TPSA) is 32.3 Å². The van der Waals surface area contributed by atoms with Crippen LogP contribution >= 0.6 is 33.9 Å². The first-order chi connectivity index (χ1) is 8.02. The highest BCUT2D eigenvalue weighted by Gasteiger charge is 2.25. The van der Waals surface area contributed by atoms with Crippen molar-refractivity contribution in [3.05, 3.63) is 19.4 Å². The molecule has 0 saturated heterocycles. The van der Waals surface area contributed by atoms with E-state index in [-0.39, 0.29) is 0 Å². The lowest BCUT2D eigenvalue weighted by atomic mass is 9.93. The van der Waals surface area contributed by atoms with Crippen LogP contribution < -0.4 is 5.32 Å². The van der Waals surface area contributed by atoms with Crippen LogP contribution in [-0.2, 0) is 6.42 Å². The molecular formula is C13H20INOS. The summed E-state index contributed by atoms with van der Waals surface area (Å²) in [5.74, 6) is 0. The van der Waals surface area contributed by atoms with Gasteiger partial charge in [-0.2, -0.15) is 0 Å². The average molecular weight is 365 g/mol. The van der Waals surface area contributed by atoms with Crippen LogP contribution in [0.1, 0.15) is 49.6 Å². The van der Waals surface area contributed by atoms with Gasteiger partial charge in [-0.15, -0.1) is 11.3 Å². The fourth-order valence-corrected chi connectivity index (χ4v) is 4.32. The molecule has 1 aliphatic carbocycles. The molecule has 2 unspecified atom stereocenters. The number of hydrogen-bond acceptors (Lipinski definition) is 3. The molecule has 96 valence electrons. The molecule has 1 aliphatic rings. The summed E-state index contributed by atoms with van der Waals surface area (Å²) >= 11 is 4.32. The number of nitrogens with one attached hydrogen (secondary N) is 1. The smallest absolute Gasteiger partial charge is 0.0741 e. The Morgan fingerprint density at radius 3 is 3.12 bits per heavy atom. The molecule has 0 spiro atoms. The molecule has 4 heteroatoms. The van der Waals surface area contributed by atoms with Gasteiger partial charge < -0.3 is 10.4 Å². The Morgan fingerprint density at radius 2 is 2.41 bits per heavy atom. The number of halogens is 1. The lowest BCUT2D eigenvalue weighted by Gasteiger charge is -2.28. The standard InChI is InChI=1S/C13H20INOS/c1-3-13(2,16)8-15-10-5-4-6-11-9(10)7-12(14)17-11/h7,10,15-16H,3-6,8H2,1-2H3. The molecule has 2 atom stereocenters. The second-order valence-corrected chi connectivity index (χ2v) is 8.14. The molecule has 0 amide bonds.